The van der Waals surface area contributed by atoms with E-state index in [2.05, 4.69) is 20.8 Å². The molecule has 0 radical (unpaired) electrons. The van der Waals surface area contributed by atoms with Crippen molar-refractivity contribution in [3.8, 4) is 0 Å². The third kappa shape index (κ3) is 6.97. The highest BCUT2D eigenvalue weighted by atomic mass is 17.2. The maximum Gasteiger partial charge on any atom is 0.306 e. The van der Waals surface area contributed by atoms with Gasteiger partial charge in [-0.1, -0.05) is 33.6 Å². The van der Waals surface area contributed by atoms with Crippen LogP contribution in [0.2, 0.25) is 0 Å². The predicted octanol–water partition coefficient (Wildman–Crippen LogP) is 3.65. The van der Waals surface area contributed by atoms with Crippen LogP contribution in [0.25, 0.3) is 0 Å². The number of unbranched alkanes of at least 4 members (excludes halogenated alkanes) is 1. The topological polar surface area (TPSA) is 55.8 Å². The third-order valence-corrected chi connectivity index (χ3v) is 3.47. The lowest BCUT2D eigenvalue weighted by Gasteiger charge is -2.27. The van der Waals surface area contributed by atoms with E-state index in [0.717, 1.165) is 12.8 Å². The Hall–Kier alpha value is -0.610. The highest BCUT2D eigenvalue weighted by molar-refractivity contribution is 5.69. The first-order valence-corrected chi connectivity index (χ1v) is 6.84. The van der Waals surface area contributed by atoms with Crippen LogP contribution in [0.15, 0.2) is 0 Å². The van der Waals surface area contributed by atoms with Crippen LogP contribution in [-0.4, -0.2) is 23.3 Å². The van der Waals surface area contributed by atoms with Crippen molar-refractivity contribution in [1.29, 1.82) is 0 Å². The maximum atomic E-state index is 11.0. The van der Waals surface area contributed by atoms with Crippen molar-refractivity contribution in [1.82, 2.24) is 0 Å². The Labute approximate surface area is 111 Å². The molecule has 0 aromatic rings. The van der Waals surface area contributed by atoms with Gasteiger partial charge in [-0.3, -0.25) is 4.79 Å². The smallest absolute Gasteiger partial charge is 0.306 e. The molecule has 1 atom stereocenters. The molecule has 0 bridgehead atoms. The van der Waals surface area contributed by atoms with Gasteiger partial charge in [-0.25, -0.2) is 9.78 Å². The van der Waals surface area contributed by atoms with Gasteiger partial charge >= 0.3 is 5.97 Å². The number of hydrogen-bond acceptors (Lipinski definition) is 3. The molecule has 4 nitrogen and oxygen atoms in total. The van der Waals surface area contributed by atoms with Crippen LogP contribution in [-0.2, 0) is 14.6 Å². The highest BCUT2D eigenvalue weighted by Gasteiger charge is 2.25. The first-order chi connectivity index (χ1) is 8.31. The van der Waals surface area contributed by atoms with E-state index in [4.69, 9.17) is 14.9 Å². The second-order valence-corrected chi connectivity index (χ2v) is 5.63. The fourth-order valence-corrected chi connectivity index (χ4v) is 1.32. The van der Waals surface area contributed by atoms with Crippen molar-refractivity contribution in [3.63, 3.8) is 0 Å². The molecule has 1 unspecified atom stereocenters. The third-order valence-electron chi connectivity index (χ3n) is 3.47. The van der Waals surface area contributed by atoms with Crippen molar-refractivity contribution in [2.45, 2.75) is 65.9 Å². The van der Waals surface area contributed by atoms with Crippen LogP contribution in [0.5, 0.6) is 0 Å². The molecular formula is C14H28O4. The predicted molar refractivity (Wildman–Crippen MR) is 71.2 cm³/mol. The second kappa shape index (κ2) is 8.48. The van der Waals surface area contributed by atoms with E-state index in [9.17, 15) is 4.79 Å². The Balaban J connectivity index is 3.90. The Morgan fingerprint density at radius 3 is 2.33 bits per heavy atom. The standard InChI is InChI=1S/C14H28O4/c1-6-7-8-12(13(15)16)9-10-17-18-14(4,5)11(2)3/h11-12H,6-10H2,1-5H3,(H,15,16). The van der Waals surface area contributed by atoms with Crippen LogP contribution < -0.4 is 0 Å². The summed E-state index contributed by atoms with van der Waals surface area (Å²) in [6.45, 7) is 10.4. The van der Waals surface area contributed by atoms with E-state index in [-0.39, 0.29) is 11.5 Å². The number of aliphatic carboxylic acids is 1. The summed E-state index contributed by atoms with van der Waals surface area (Å²) >= 11 is 0. The number of carboxylic acids is 1. The summed E-state index contributed by atoms with van der Waals surface area (Å²) in [6.07, 6.45) is 3.17. The largest absolute Gasteiger partial charge is 0.481 e. The van der Waals surface area contributed by atoms with Crippen molar-refractivity contribution >= 4 is 5.97 Å². The number of rotatable bonds is 10. The molecule has 0 aliphatic carbocycles. The van der Waals surface area contributed by atoms with E-state index < -0.39 is 5.97 Å². The minimum Gasteiger partial charge on any atom is -0.481 e. The van der Waals surface area contributed by atoms with E-state index in [0.29, 0.717) is 25.4 Å². The van der Waals surface area contributed by atoms with Crippen molar-refractivity contribution in [2.75, 3.05) is 6.61 Å². The van der Waals surface area contributed by atoms with E-state index in [1.807, 2.05) is 13.8 Å². The Kier molecular flexibility index (Phi) is 8.20. The van der Waals surface area contributed by atoms with Crippen LogP contribution >= 0.6 is 0 Å². The summed E-state index contributed by atoms with van der Waals surface area (Å²) in [5, 5.41) is 9.05. The summed E-state index contributed by atoms with van der Waals surface area (Å²) < 4.78 is 0. The Morgan fingerprint density at radius 1 is 1.28 bits per heavy atom. The molecule has 0 fully saturated rings. The van der Waals surface area contributed by atoms with Gasteiger partial charge in [0, 0.05) is 0 Å². The Morgan fingerprint density at radius 2 is 1.89 bits per heavy atom. The molecule has 0 aliphatic rings. The monoisotopic (exact) mass is 260 g/mol. The molecule has 108 valence electrons. The lowest BCUT2D eigenvalue weighted by Crippen LogP contribution is -2.31. The van der Waals surface area contributed by atoms with Gasteiger partial charge in [0.15, 0.2) is 0 Å². The molecule has 1 N–H and O–H groups in total. The zero-order valence-electron chi connectivity index (χ0n) is 12.4. The molecule has 0 rings (SSSR count). The molecule has 0 heterocycles. The van der Waals surface area contributed by atoms with Gasteiger partial charge in [0.25, 0.3) is 0 Å². The summed E-state index contributed by atoms with van der Waals surface area (Å²) in [5.74, 6) is -0.723. The molecule has 18 heavy (non-hydrogen) atoms. The van der Waals surface area contributed by atoms with Gasteiger partial charge in [0.2, 0.25) is 0 Å². The van der Waals surface area contributed by atoms with Crippen LogP contribution in [0.3, 0.4) is 0 Å². The molecule has 0 aromatic heterocycles. The zero-order chi connectivity index (χ0) is 14.2. The first kappa shape index (κ1) is 17.4. The van der Waals surface area contributed by atoms with Gasteiger partial charge in [0.1, 0.15) is 5.60 Å². The molecule has 0 spiro atoms. The molecule has 0 saturated carbocycles. The van der Waals surface area contributed by atoms with E-state index >= 15 is 0 Å². The first-order valence-electron chi connectivity index (χ1n) is 6.84. The summed E-state index contributed by atoms with van der Waals surface area (Å²) in [5.41, 5.74) is -0.345. The van der Waals surface area contributed by atoms with Crippen LogP contribution in [0.1, 0.15) is 60.3 Å². The summed E-state index contributed by atoms with van der Waals surface area (Å²) in [6, 6.07) is 0. The van der Waals surface area contributed by atoms with Crippen molar-refractivity contribution in [2.24, 2.45) is 11.8 Å². The molecule has 4 heteroatoms. The second-order valence-electron chi connectivity index (χ2n) is 5.63. The number of hydrogen-bond donors (Lipinski definition) is 1. The summed E-state index contributed by atoms with van der Waals surface area (Å²) in [4.78, 5) is 21.5. The molecular weight excluding hydrogens is 232 g/mol. The average Bonchev–Trinajstić information content (AvgIpc) is 2.27. The highest BCUT2D eigenvalue weighted by Crippen LogP contribution is 2.21. The van der Waals surface area contributed by atoms with E-state index in [1.54, 1.807) is 0 Å². The minimum atomic E-state index is -0.741. The fraction of sp³-hybridized carbons (Fsp3) is 0.929. The fourth-order valence-electron chi connectivity index (χ4n) is 1.32. The van der Waals surface area contributed by atoms with Crippen LogP contribution in [0.4, 0.5) is 0 Å². The van der Waals surface area contributed by atoms with E-state index in [1.165, 1.54) is 0 Å². The quantitative estimate of drug-likeness (QED) is 0.370. The number of carbonyl (C=O) groups is 1. The molecule has 0 saturated heterocycles. The van der Waals surface area contributed by atoms with Gasteiger partial charge in [-0.15, -0.1) is 0 Å². The SMILES string of the molecule is CCCCC(CCOOC(C)(C)C(C)C)C(=O)O. The zero-order valence-corrected chi connectivity index (χ0v) is 12.4. The normalized spacial score (nSPS) is 13.9. The maximum absolute atomic E-state index is 11.0. The summed E-state index contributed by atoms with van der Waals surface area (Å²) in [7, 11) is 0. The molecule has 0 aromatic carbocycles. The average molecular weight is 260 g/mol. The van der Waals surface area contributed by atoms with Crippen LogP contribution in [0, 0.1) is 11.8 Å². The minimum absolute atomic E-state index is 0.323. The molecule has 0 amide bonds. The van der Waals surface area contributed by atoms with Crippen molar-refractivity contribution < 1.29 is 19.7 Å². The Bertz CT molecular complexity index is 236. The number of carboxylic acid groups (broad SMARTS) is 1. The van der Waals surface area contributed by atoms with Gasteiger partial charge in [-0.05, 0) is 32.6 Å². The molecule has 0 aliphatic heterocycles. The lowest BCUT2D eigenvalue weighted by atomic mass is 9.95. The van der Waals surface area contributed by atoms with Crippen molar-refractivity contribution in [3.05, 3.63) is 0 Å². The lowest BCUT2D eigenvalue weighted by molar-refractivity contribution is -0.363. The van der Waals surface area contributed by atoms with Gasteiger partial charge in [0.05, 0.1) is 12.5 Å². The van der Waals surface area contributed by atoms with Gasteiger partial charge < -0.3 is 5.11 Å². The van der Waals surface area contributed by atoms with Gasteiger partial charge in [-0.2, -0.15) is 0 Å².